The Hall–Kier alpha value is -1.31. The van der Waals surface area contributed by atoms with Crippen molar-refractivity contribution >= 4 is 11.9 Å². The molecule has 0 radical (unpaired) electrons. The van der Waals surface area contributed by atoms with Crippen LogP contribution in [0.1, 0.15) is 27.7 Å². The third-order valence-electron chi connectivity index (χ3n) is 1.02. The minimum absolute atomic E-state index is 0.354. The smallest absolute Gasteiger partial charge is 0.475 e. The third-order valence-corrected chi connectivity index (χ3v) is 1.02. The van der Waals surface area contributed by atoms with Crippen molar-refractivity contribution < 1.29 is 32.6 Å². The molecule has 0 unspecified atom stereocenters. The first-order chi connectivity index (χ1) is 7.27. The van der Waals surface area contributed by atoms with Gasteiger partial charge in [0.05, 0.1) is 0 Å². The molecule has 8 heteroatoms. The Bertz CT molecular complexity index is 268. The predicted molar refractivity (Wildman–Crippen MR) is 53.2 cm³/mol. The number of aliphatic carboxylic acids is 1. The molecule has 0 bridgehead atoms. The van der Waals surface area contributed by atoms with Crippen LogP contribution in [0.3, 0.4) is 0 Å². The molecule has 0 rings (SSSR count). The van der Waals surface area contributed by atoms with Gasteiger partial charge in [-0.2, -0.15) is 13.2 Å². The Morgan fingerprint density at radius 1 is 1.24 bits per heavy atom. The highest BCUT2D eigenvalue weighted by atomic mass is 19.4. The molecule has 0 aromatic heterocycles. The molecule has 0 amide bonds. The second-order valence-corrected chi connectivity index (χ2v) is 4.13. The van der Waals surface area contributed by atoms with Gasteiger partial charge in [-0.05, 0) is 27.7 Å². The molecule has 0 spiro atoms. The quantitative estimate of drug-likeness (QED) is 0.693. The van der Waals surface area contributed by atoms with E-state index in [0.717, 1.165) is 0 Å². The summed E-state index contributed by atoms with van der Waals surface area (Å²) < 4.78 is 36.7. The predicted octanol–water partition coefficient (Wildman–Crippen LogP) is 1.31. The summed E-state index contributed by atoms with van der Waals surface area (Å²) in [7, 11) is 0. The zero-order valence-corrected chi connectivity index (χ0v) is 9.96. The Balaban J connectivity index is 0. The van der Waals surface area contributed by atoms with Crippen molar-refractivity contribution in [1.29, 1.82) is 0 Å². The van der Waals surface area contributed by atoms with Gasteiger partial charge in [-0.1, -0.05) is 0 Å². The maximum atomic E-state index is 10.8. The summed E-state index contributed by atoms with van der Waals surface area (Å²) in [6.07, 6.45) is -5.08. The van der Waals surface area contributed by atoms with E-state index in [9.17, 15) is 18.0 Å². The third kappa shape index (κ3) is 12.6. The molecule has 0 aliphatic heterocycles. The summed E-state index contributed by atoms with van der Waals surface area (Å²) in [4.78, 5) is 19.7. The first-order valence-electron chi connectivity index (χ1n) is 4.56. The standard InChI is InChI=1S/C7H15NO2.C2HF3O2/c1-5(8)6(9)10-7(2,3)4;3-2(4,5)1(6)7/h5H,8H2,1-4H3;(H,6,7)/t5-;/m0./s1. The summed E-state index contributed by atoms with van der Waals surface area (Å²) in [5.41, 5.74) is 4.84. The van der Waals surface area contributed by atoms with Crippen molar-refractivity contribution in [3.8, 4) is 0 Å². The average Bonchev–Trinajstić information content (AvgIpc) is 1.99. The number of esters is 1. The molecule has 0 heterocycles. The zero-order valence-electron chi connectivity index (χ0n) is 9.96. The van der Waals surface area contributed by atoms with E-state index in [0.29, 0.717) is 0 Å². The lowest BCUT2D eigenvalue weighted by molar-refractivity contribution is -0.192. The molecule has 0 aromatic carbocycles. The van der Waals surface area contributed by atoms with E-state index in [2.05, 4.69) is 0 Å². The van der Waals surface area contributed by atoms with E-state index in [-0.39, 0.29) is 5.97 Å². The largest absolute Gasteiger partial charge is 0.490 e. The fraction of sp³-hybridized carbons (Fsp3) is 0.778. The molecule has 3 N–H and O–H groups in total. The minimum Gasteiger partial charge on any atom is -0.475 e. The highest BCUT2D eigenvalue weighted by molar-refractivity contribution is 5.75. The Labute approximate surface area is 96.7 Å². The topological polar surface area (TPSA) is 89.6 Å². The summed E-state index contributed by atoms with van der Waals surface area (Å²) in [5, 5.41) is 7.12. The van der Waals surface area contributed by atoms with Crippen LogP contribution in [-0.2, 0) is 14.3 Å². The number of carboxylic acid groups (broad SMARTS) is 1. The molecule has 0 aromatic rings. The summed E-state index contributed by atoms with van der Waals surface area (Å²) in [5.74, 6) is -3.11. The fourth-order valence-electron chi connectivity index (χ4n) is 0.395. The Kier molecular flexibility index (Phi) is 6.83. The Morgan fingerprint density at radius 3 is 1.59 bits per heavy atom. The summed E-state index contributed by atoms with van der Waals surface area (Å²) in [6, 6.07) is -0.528. The number of ether oxygens (including phenoxy) is 1. The first-order valence-corrected chi connectivity index (χ1v) is 4.56. The molecule has 0 fully saturated rings. The monoisotopic (exact) mass is 259 g/mol. The molecule has 102 valence electrons. The lowest BCUT2D eigenvalue weighted by atomic mass is 10.2. The molecule has 1 atom stereocenters. The number of rotatable bonds is 1. The van der Waals surface area contributed by atoms with Crippen LogP contribution < -0.4 is 5.73 Å². The number of hydrogen-bond donors (Lipinski definition) is 2. The van der Waals surface area contributed by atoms with E-state index in [1.165, 1.54) is 0 Å². The van der Waals surface area contributed by atoms with E-state index in [1.807, 2.05) is 20.8 Å². The van der Waals surface area contributed by atoms with Gasteiger partial charge in [-0.3, -0.25) is 4.79 Å². The van der Waals surface area contributed by atoms with Crippen LogP contribution in [0.4, 0.5) is 13.2 Å². The van der Waals surface area contributed by atoms with Gasteiger partial charge in [0.1, 0.15) is 11.6 Å². The number of hydrogen-bond acceptors (Lipinski definition) is 4. The van der Waals surface area contributed by atoms with Crippen LogP contribution in [0, 0.1) is 0 Å². The lowest BCUT2D eigenvalue weighted by Gasteiger charge is -2.20. The van der Waals surface area contributed by atoms with Crippen LogP contribution in [-0.4, -0.2) is 34.9 Å². The minimum atomic E-state index is -5.08. The van der Waals surface area contributed by atoms with Crippen molar-refractivity contribution in [3.63, 3.8) is 0 Å². The van der Waals surface area contributed by atoms with Crippen molar-refractivity contribution in [2.24, 2.45) is 5.73 Å². The van der Waals surface area contributed by atoms with E-state index >= 15 is 0 Å². The van der Waals surface area contributed by atoms with Gasteiger partial charge < -0.3 is 15.6 Å². The molecule has 0 saturated heterocycles. The second kappa shape index (κ2) is 6.43. The first kappa shape index (κ1) is 18.1. The van der Waals surface area contributed by atoms with Crippen molar-refractivity contribution in [3.05, 3.63) is 0 Å². The summed E-state index contributed by atoms with van der Waals surface area (Å²) in [6.45, 7) is 7.04. The van der Waals surface area contributed by atoms with E-state index in [4.69, 9.17) is 20.4 Å². The van der Waals surface area contributed by atoms with Crippen molar-refractivity contribution in [1.82, 2.24) is 0 Å². The number of halogens is 3. The zero-order chi connectivity index (χ0) is 14.4. The number of carboxylic acids is 1. The van der Waals surface area contributed by atoms with Gasteiger partial charge in [-0.25, -0.2) is 4.79 Å². The van der Waals surface area contributed by atoms with Gasteiger partial charge in [0.15, 0.2) is 0 Å². The number of alkyl halides is 3. The number of carbonyl (C=O) groups is 2. The number of carbonyl (C=O) groups excluding carboxylic acids is 1. The lowest BCUT2D eigenvalue weighted by Crippen LogP contribution is -2.35. The van der Waals surface area contributed by atoms with Crippen LogP contribution in [0.25, 0.3) is 0 Å². The van der Waals surface area contributed by atoms with Crippen LogP contribution in [0.5, 0.6) is 0 Å². The van der Waals surface area contributed by atoms with E-state index < -0.39 is 23.8 Å². The second-order valence-electron chi connectivity index (χ2n) is 4.13. The van der Waals surface area contributed by atoms with Crippen molar-refractivity contribution in [2.45, 2.75) is 45.5 Å². The molecular formula is C9H16F3NO4. The van der Waals surface area contributed by atoms with E-state index in [1.54, 1.807) is 6.92 Å². The van der Waals surface area contributed by atoms with Gasteiger partial charge in [0.25, 0.3) is 0 Å². The van der Waals surface area contributed by atoms with Gasteiger partial charge in [0.2, 0.25) is 0 Å². The maximum Gasteiger partial charge on any atom is 0.490 e. The van der Waals surface area contributed by atoms with Gasteiger partial charge >= 0.3 is 18.1 Å². The molecule has 17 heavy (non-hydrogen) atoms. The van der Waals surface area contributed by atoms with Crippen LogP contribution >= 0.6 is 0 Å². The molecule has 0 aliphatic rings. The average molecular weight is 259 g/mol. The number of nitrogens with two attached hydrogens (primary N) is 1. The molecule has 5 nitrogen and oxygen atoms in total. The molecular weight excluding hydrogens is 243 g/mol. The van der Waals surface area contributed by atoms with Crippen LogP contribution in [0.15, 0.2) is 0 Å². The van der Waals surface area contributed by atoms with Crippen molar-refractivity contribution in [2.75, 3.05) is 0 Å². The highest BCUT2D eigenvalue weighted by Gasteiger charge is 2.38. The SMILES string of the molecule is C[C@H](N)C(=O)OC(C)(C)C.O=C(O)C(F)(F)F. The normalized spacial score (nSPS) is 13.2. The van der Waals surface area contributed by atoms with Gasteiger partial charge in [-0.15, -0.1) is 0 Å². The molecule has 0 saturated carbocycles. The maximum absolute atomic E-state index is 10.8. The molecule has 0 aliphatic carbocycles. The van der Waals surface area contributed by atoms with Crippen LogP contribution in [0.2, 0.25) is 0 Å². The highest BCUT2D eigenvalue weighted by Crippen LogP contribution is 2.13. The summed E-state index contributed by atoms with van der Waals surface area (Å²) >= 11 is 0. The Morgan fingerprint density at radius 2 is 1.53 bits per heavy atom. The van der Waals surface area contributed by atoms with Gasteiger partial charge in [0, 0.05) is 0 Å². The fourth-order valence-corrected chi connectivity index (χ4v) is 0.395.